The molecule has 0 saturated carbocycles. The second kappa shape index (κ2) is 7.85. The summed E-state index contributed by atoms with van der Waals surface area (Å²) in [6.45, 7) is 7.04. The Labute approximate surface area is 127 Å². The Morgan fingerprint density at radius 1 is 1.14 bits per heavy atom. The summed E-state index contributed by atoms with van der Waals surface area (Å²) in [6, 6.07) is 4.21. The normalized spacial score (nSPS) is 13.7. The lowest BCUT2D eigenvalue weighted by atomic mass is 9.79. The summed E-state index contributed by atoms with van der Waals surface area (Å²) in [5.74, 6) is -1.52. The molecule has 1 aromatic rings. The molecule has 0 spiro atoms. The first-order valence-corrected chi connectivity index (χ1v) is 7.79. The van der Waals surface area contributed by atoms with E-state index in [2.05, 4.69) is 31.0 Å². The molecule has 2 nitrogen and oxygen atoms in total. The Kier molecular flexibility index (Phi) is 6.75. The summed E-state index contributed by atoms with van der Waals surface area (Å²) in [6.07, 6.45) is 2.66. The van der Waals surface area contributed by atoms with Crippen molar-refractivity contribution < 1.29 is 8.78 Å². The van der Waals surface area contributed by atoms with Gasteiger partial charge in [0, 0.05) is 11.1 Å². The van der Waals surface area contributed by atoms with Crippen molar-refractivity contribution in [3.8, 4) is 0 Å². The highest BCUT2D eigenvalue weighted by atomic mass is 19.2. The molecule has 4 heteroatoms. The first-order valence-electron chi connectivity index (χ1n) is 7.79. The van der Waals surface area contributed by atoms with Gasteiger partial charge in [-0.25, -0.2) is 8.78 Å². The molecule has 0 bridgehead atoms. The molecule has 1 unspecified atom stereocenters. The van der Waals surface area contributed by atoms with Gasteiger partial charge >= 0.3 is 0 Å². The van der Waals surface area contributed by atoms with Gasteiger partial charge in [0.2, 0.25) is 0 Å². The van der Waals surface area contributed by atoms with E-state index < -0.39 is 11.6 Å². The zero-order valence-corrected chi connectivity index (χ0v) is 13.8. The minimum Gasteiger partial charge on any atom is -0.308 e. The van der Waals surface area contributed by atoms with E-state index in [4.69, 9.17) is 0 Å². The zero-order valence-electron chi connectivity index (χ0n) is 13.8. The summed E-state index contributed by atoms with van der Waals surface area (Å²) >= 11 is 0. The molecule has 0 radical (unpaired) electrons. The molecule has 0 fully saturated rings. The maximum atomic E-state index is 14.3. The fourth-order valence-corrected chi connectivity index (χ4v) is 3.17. The molecular weight excluding hydrogens is 270 g/mol. The van der Waals surface area contributed by atoms with Gasteiger partial charge in [0.05, 0.1) is 6.04 Å². The highest BCUT2D eigenvalue weighted by molar-refractivity contribution is 5.26. The van der Waals surface area contributed by atoms with Crippen molar-refractivity contribution in [2.24, 2.45) is 0 Å². The number of nitrogens with one attached hydrogen (secondary N) is 1. The molecule has 0 aliphatic carbocycles. The molecule has 0 aliphatic rings. The van der Waals surface area contributed by atoms with Crippen LogP contribution in [0.15, 0.2) is 18.2 Å². The van der Waals surface area contributed by atoms with Crippen molar-refractivity contribution in [2.75, 3.05) is 20.6 Å². The van der Waals surface area contributed by atoms with E-state index in [9.17, 15) is 8.78 Å². The Balaban J connectivity index is 3.36. The minimum absolute atomic E-state index is 0.238. The van der Waals surface area contributed by atoms with Crippen molar-refractivity contribution in [1.82, 2.24) is 10.2 Å². The van der Waals surface area contributed by atoms with E-state index in [1.807, 2.05) is 14.1 Å². The lowest BCUT2D eigenvalue weighted by molar-refractivity contribution is 0.0861. The SMILES string of the molecule is CCCNC(c1cccc(F)c1F)C(CC)(CC)N(C)C. The van der Waals surface area contributed by atoms with Gasteiger partial charge < -0.3 is 10.2 Å². The molecule has 1 aromatic carbocycles. The van der Waals surface area contributed by atoms with E-state index in [1.54, 1.807) is 12.1 Å². The van der Waals surface area contributed by atoms with Crippen molar-refractivity contribution >= 4 is 0 Å². The smallest absolute Gasteiger partial charge is 0.163 e. The van der Waals surface area contributed by atoms with Gasteiger partial charge in [0.15, 0.2) is 11.6 Å². The molecule has 0 saturated heterocycles. The van der Waals surface area contributed by atoms with E-state index >= 15 is 0 Å². The van der Waals surface area contributed by atoms with Gasteiger partial charge in [-0.15, -0.1) is 0 Å². The lowest BCUT2D eigenvalue weighted by Crippen LogP contribution is -2.53. The first-order chi connectivity index (χ1) is 9.94. The number of hydrogen-bond acceptors (Lipinski definition) is 2. The Hall–Kier alpha value is -1.00. The van der Waals surface area contributed by atoms with Crippen LogP contribution >= 0.6 is 0 Å². The van der Waals surface area contributed by atoms with Crippen LogP contribution in [0.1, 0.15) is 51.6 Å². The molecule has 1 rings (SSSR count). The van der Waals surface area contributed by atoms with Gasteiger partial charge in [-0.2, -0.15) is 0 Å². The minimum atomic E-state index is -0.782. The Bertz CT molecular complexity index is 442. The Morgan fingerprint density at radius 2 is 1.76 bits per heavy atom. The predicted molar refractivity (Wildman–Crippen MR) is 84.4 cm³/mol. The van der Waals surface area contributed by atoms with Gasteiger partial charge in [-0.1, -0.05) is 32.9 Å². The summed E-state index contributed by atoms with van der Waals surface area (Å²) in [4.78, 5) is 2.13. The second-order valence-corrected chi connectivity index (χ2v) is 5.74. The summed E-state index contributed by atoms with van der Waals surface area (Å²) in [7, 11) is 4.01. The predicted octanol–water partition coefficient (Wildman–Crippen LogP) is 4.13. The molecule has 0 heterocycles. The Morgan fingerprint density at radius 3 is 2.24 bits per heavy atom. The number of hydrogen-bond donors (Lipinski definition) is 1. The van der Waals surface area contributed by atoms with Crippen LogP contribution in [-0.2, 0) is 0 Å². The van der Waals surface area contributed by atoms with Crippen LogP contribution in [0.25, 0.3) is 0 Å². The first kappa shape index (κ1) is 18.1. The molecule has 21 heavy (non-hydrogen) atoms. The van der Waals surface area contributed by atoms with Crippen LogP contribution in [0.5, 0.6) is 0 Å². The van der Waals surface area contributed by atoms with Crippen molar-refractivity contribution in [1.29, 1.82) is 0 Å². The average molecular weight is 298 g/mol. The number of nitrogens with zero attached hydrogens (tertiary/aromatic N) is 1. The van der Waals surface area contributed by atoms with Crippen molar-refractivity contribution in [3.05, 3.63) is 35.4 Å². The van der Waals surface area contributed by atoms with Crippen LogP contribution in [0.4, 0.5) is 8.78 Å². The van der Waals surface area contributed by atoms with Crippen LogP contribution in [0.2, 0.25) is 0 Å². The topological polar surface area (TPSA) is 15.3 Å². The number of rotatable bonds is 8. The van der Waals surface area contributed by atoms with E-state index in [1.165, 1.54) is 6.07 Å². The second-order valence-electron chi connectivity index (χ2n) is 5.74. The van der Waals surface area contributed by atoms with E-state index in [-0.39, 0.29) is 11.6 Å². The summed E-state index contributed by atoms with van der Waals surface area (Å²) < 4.78 is 28.0. The molecule has 1 N–H and O–H groups in total. The number of halogens is 2. The third kappa shape index (κ3) is 3.61. The standard InChI is InChI=1S/C17H28F2N2/c1-6-12-20-16(17(7-2,8-3)21(4)5)13-10-9-11-14(18)15(13)19/h9-11,16,20H,6-8,12H2,1-5H3. The summed E-state index contributed by atoms with van der Waals surface area (Å²) in [5, 5.41) is 3.43. The van der Waals surface area contributed by atoms with Crippen LogP contribution in [-0.4, -0.2) is 31.1 Å². The highest BCUT2D eigenvalue weighted by Crippen LogP contribution is 2.37. The fraction of sp³-hybridized carbons (Fsp3) is 0.647. The maximum Gasteiger partial charge on any atom is 0.163 e. The van der Waals surface area contributed by atoms with Crippen molar-refractivity contribution in [3.63, 3.8) is 0 Å². The van der Waals surface area contributed by atoms with Gasteiger partial charge in [0.25, 0.3) is 0 Å². The van der Waals surface area contributed by atoms with Gasteiger partial charge in [-0.05, 0) is 46.0 Å². The molecule has 1 atom stereocenters. The van der Waals surface area contributed by atoms with Gasteiger partial charge in [-0.3, -0.25) is 0 Å². The third-order valence-electron chi connectivity index (χ3n) is 4.54. The fourth-order valence-electron chi connectivity index (χ4n) is 3.17. The number of likely N-dealkylation sites (N-methyl/N-ethyl adjacent to an activating group) is 1. The molecule has 120 valence electrons. The van der Waals surface area contributed by atoms with E-state index in [0.717, 1.165) is 25.8 Å². The maximum absolute atomic E-state index is 14.3. The number of benzene rings is 1. The van der Waals surface area contributed by atoms with Gasteiger partial charge in [0.1, 0.15) is 0 Å². The average Bonchev–Trinajstić information content (AvgIpc) is 2.47. The molecule has 0 aliphatic heterocycles. The molecule has 0 amide bonds. The van der Waals surface area contributed by atoms with Crippen LogP contribution < -0.4 is 5.32 Å². The monoisotopic (exact) mass is 298 g/mol. The van der Waals surface area contributed by atoms with Crippen molar-refractivity contribution in [2.45, 2.75) is 51.6 Å². The largest absolute Gasteiger partial charge is 0.308 e. The van der Waals surface area contributed by atoms with Crippen LogP contribution in [0.3, 0.4) is 0 Å². The third-order valence-corrected chi connectivity index (χ3v) is 4.54. The molecule has 0 aromatic heterocycles. The lowest BCUT2D eigenvalue weighted by Gasteiger charge is -2.46. The zero-order chi connectivity index (χ0) is 16.0. The summed E-state index contributed by atoms with van der Waals surface area (Å²) in [5.41, 5.74) is 0.171. The van der Waals surface area contributed by atoms with E-state index in [0.29, 0.717) is 5.56 Å². The highest BCUT2D eigenvalue weighted by Gasteiger charge is 2.40. The molecular formula is C17H28F2N2. The quantitative estimate of drug-likeness (QED) is 0.776. The van der Waals surface area contributed by atoms with Crippen LogP contribution in [0, 0.1) is 11.6 Å².